The number of amides is 1. The van der Waals surface area contributed by atoms with Gasteiger partial charge in [-0.1, -0.05) is 17.7 Å². The van der Waals surface area contributed by atoms with Crippen LogP contribution in [0.25, 0.3) is 0 Å². The molecule has 0 aromatic heterocycles. The van der Waals surface area contributed by atoms with Crippen molar-refractivity contribution in [1.29, 1.82) is 0 Å². The molecule has 1 fully saturated rings. The Morgan fingerprint density at radius 3 is 2.45 bits per heavy atom. The molecule has 1 N–H and O–H groups in total. The highest BCUT2D eigenvalue weighted by Gasteiger charge is 2.28. The molecule has 1 heterocycles. The number of aryl methyl sites for hydroxylation is 2. The lowest BCUT2D eigenvalue weighted by atomic mass is 9.97. The van der Waals surface area contributed by atoms with Crippen LogP contribution >= 0.6 is 0 Å². The fraction of sp³-hybridized carbons (Fsp3) is 0.467. The second-order valence-electron chi connectivity index (χ2n) is 5.24. The summed E-state index contributed by atoms with van der Waals surface area (Å²) in [7, 11) is 0. The lowest BCUT2D eigenvalue weighted by Gasteiger charge is -2.29. The van der Waals surface area contributed by atoms with Crippen molar-refractivity contribution in [1.82, 2.24) is 4.90 Å². The first kappa shape index (κ1) is 14.4. The van der Waals surface area contributed by atoms with Crippen LogP contribution in [0.2, 0.25) is 0 Å². The second-order valence-corrected chi connectivity index (χ2v) is 5.24. The molecule has 0 unspecified atom stereocenters. The van der Waals surface area contributed by atoms with Gasteiger partial charge in [-0.25, -0.2) is 4.79 Å². The van der Waals surface area contributed by atoms with Crippen molar-refractivity contribution >= 4 is 12.1 Å². The van der Waals surface area contributed by atoms with Crippen LogP contribution in [-0.4, -0.2) is 35.2 Å². The molecule has 0 bridgehead atoms. The average molecular weight is 277 g/mol. The third-order valence-electron chi connectivity index (χ3n) is 3.63. The maximum absolute atomic E-state index is 12.0. The van der Waals surface area contributed by atoms with Gasteiger partial charge in [0.15, 0.2) is 0 Å². The normalized spacial score (nSPS) is 16.0. The molecule has 1 amide bonds. The highest BCUT2D eigenvalue weighted by atomic mass is 16.6. The molecule has 20 heavy (non-hydrogen) atoms. The molecule has 1 aliphatic heterocycles. The van der Waals surface area contributed by atoms with E-state index in [9.17, 15) is 9.59 Å². The minimum absolute atomic E-state index is 0.347. The molecular weight excluding hydrogens is 258 g/mol. The molecular formula is C15H19NO4. The number of rotatable bonds is 2. The Morgan fingerprint density at radius 1 is 1.25 bits per heavy atom. The van der Waals surface area contributed by atoms with Crippen molar-refractivity contribution in [2.24, 2.45) is 5.92 Å². The number of carbonyl (C=O) groups excluding carboxylic acids is 1. The van der Waals surface area contributed by atoms with Crippen LogP contribution in [0.3, 0.4) is 0 Å². The van der Waals surface area contributed by atoms with Gasteiger partial charge in [0.1, 0.15) is 5.75 Å². The summed E-state index contributed by atoms with van der Waals surface area (Å²) in [5.41, 5.74) is 2.03. The van der Waals surface area contributed by atoms with Crippen LogP contribution in [0.1, 0.15) is 24.0 Å². The number of benzene rings is 1. The van der Waals surface area contributed by atoms with E-state index in [2.05, 4.69) is 0 Å². The first-order chi connectivity index (χ1) is 9.47. The Morgan fingerprint density at radius 2 is 1.90 bits per heavy atom. The van der Waals surface area contributed by atoms with E-state index < -0.39 is 12.1 Å². The maximum Gasteiger partial charge on any atom is 0.415 e. The minimum atomic E-state index is -0.785. The number of piperidine rings is 1. The van der Waals surface area contributed by atoms with Gasteiger partial charge in [-0.2, -0.15) is 0 Å². The van der Waals surface area contributed by atoms with Crippen LogP contribution in [0.5, 0.6) is 5.75 Å². The fourth-order valence-corrected chi connectivity index (χ4v) is 2.38. The molecule has 0 aliphatic carbocycles. The fourth-order valence-electron chi connectivity index (χ4n) is 2.38. The summed E-state index contributed by atoms with van der Waals surface area (Å²) >= 11 is 0. The predicted molar refractivity (Wildman–Crippen MR) is 73.9 cm³/mol. The molecule has 1 aromatic carbocycles. The zero-order chi connectivity index (χ0) is 14.7. The van der Waals surface area contributed by atoms with Gasteiger partial charge in [-0.15, -0.1) is 0 Å². The number of likely N-dealkylation sites (tertiary alicyclic amines) is 1. The average Bonchev–Trinajstić information content (AvgIpc) is 2.42. The summed E-state index contributed by atoms with van der Waals surface area (Å²) in [6, 6.07) is 5.64. The van der Waals surface area contributed by atoms with Crippen molar-refractivity contribution in [3.63, 3.8) is 0 Å². The Balaban J connectivity index is 1.94. The molecule has 1 aliphatic rings. The first-order valence-electron chi connectivity index (χ1n) is 6.74. The summed E-state index contributed by atoms with van der Waals surface area (Å²) < 4.78 is 5.37. The van der Waals surface area contributed by atoms with E-state index in [4.69, 9.17) is 9.84 Å². The van der Waals surface area contributed by atoms with E-state index in [1.807, 2.05) is 26.0 Å². The molecule has 1 aromatic rings. The second kappa shape index (κ2) is 5.94. The first-order valence-corrected chi connectivity index (χ1v) is 6.74. The summed E-state index contributed by atoms with van der Waals surface area (Å²) in [5.74, 6) is -0.575. The molecule has 0 atom stereocenters. The Labute approximate surface area is 118 Å². The Hall–Kier alpha value is -2.04. The number of hydrogen-bond acceptors (Lipinski definition) is 3. The summed E-state index contributed by atoms with van der Waals surface area (Å²) in [6.45, 7) is 4.74. The van der Waals surface area contributed by atoms with E-state index in [0.717, 1.165) is 11.1 Å². The number of aliphatic carboxylic acids is 1. The third-order valence-corrected chi connectivity index (χ3v) is 3.63. The molecule has 108 valence electrons. The summed E-state index contributed by atoms with van der Waals surface area (Å²) in [5, 5.41) is 8.93. The number of nitrogens with zero attached hydrogens (tertiary/aromatic N) is 1. The topological polar surface area (TPSA) is 66.8 Å². The van der Waals surface area contributed by atoms with E-state index in [0.29, 0.717) is 31.7 Å². The molecule has 5 nitrogen and oxygen atoms in total. The highest BCUT2D eigenvalue weighted by Crippen LogP contribution is 2.22. The Bertz CT molecular complexity index is 519. The van der Waals surface area contributed by atoms with Crippen LogP contribution in [0, 0.1) is 19.8 Å². The zero-order valence-corrected chi connectivity index (χ0v) is 11.8. The van der Waals surface area contributed by atoms with Crippen molar-refractivity contribution in [3.8, 4) is 5.75 Å². The highest BCUT2D eigenvalue weighted by molar-refractivity contribution is 5.73. The zero-order valence-electron chi connectivity index (χ0n) is 11.8. The van der Waals surface area contributed by atoms with Crippen molar-refractivity contribution in [2.45, 2.75) is 26.7 Å². The van der Waals surface area contributed by atoms with E-state index in [1.165, 1.54) is 0 Å². The third kappa shape index (κ3) is 3.29. The monoisotopic (exact) mass is 277 g/mol. The van der Waals surface area contributed by atoms with E-state index >= 15 is 0 Å². The van der Waals surface area contributed by atoms with Crippen LogP contribution in [0.4, 0.5) is 4.79 Å². The van der Waals surface area contributed by atoms with E-state index in [-0.39, 0.29) is 5.92 Å². The largest absolute Gasteiger partial charge is 0.481 e. The SMILES string of the molecule is Cc1ccc(OC(=O)N2CCC(C(=O)O)CC2)c(C)c1. The van der Waals surface area contributed by atoms with Gasteiger partial charge in [0, 0.05) is 13.1 Å². The van der Waals surface area contributed by atoms with Crippen molar-refractivity contribution in [3.05, 3.63) is 29.3 Å². The van der Waals surface area contributed by atoms with Crippen LogP contribution in [0.15, 0.2) is 18.2 Å². The predicted octanol–water partition coefficient (Wildman–Crippen LogP) is 2.60. The number of hydrogen-bond donors (Lipinski definition) is 1. The summed E-state index contributed by atoms with van der Waals surface area (Å²) in [4.78, 5) is 24.5. The maximum atomic E-state index is 12.0. The lowest BCUT2D eigenvalue weighted by molar-refractivity contribution is -0.143. The van der Waals surface area contributed by atoms with Gasteiger partial charge >= 0.3 is 12.1 Å². The van der Waals surface area contributed by atoms with Gasteiger partial charge in [0.25, 0.3) is 0 Å². The van der Waals surface area contributed by atoms with E-state index in [1.54, 1.807) is 11.0 Å². The lowest BCUT2D eigenvalue weighted by Crippen LogP contribution is -2.41. The number of ether oxygens (including phenoxy) is 1. The molecule has 0 radical (unpaired) electrons. The van der Waals surface area contributed by atoms with Crippen LogP contribution in [-0.2, 0) is 4.79 Å². The molecule has 5 heteroatoms. The number of carbonyl (C=O) groups is 2. The van der Waals surface area contributed by atoms with Gasteiger partial charge in [0.05, 0.1) is 5.92 Å². The molecule has 2 rings (SSSR count). The molecule has 1 saturated heterocycles. The van der Waals surface area contributed by atoms with Gasteiger partial charge < -0.3 is 14.7 Å². The van der Waals surface area contributed by atoms with Crippen molar-refractivity contribution in [2.75, 3.05) is 13.1 Å². The summed E-state index contributed by atoms with van der Waals surface area (Å²) in [6.07, 6.45) is 0.565. The van der Waals surface area contributed by atoms with Gasteiger partial charge in [0.2, 0.25) is 0 Å². The smallest absolute Gasteiger partial charge is 0.415 e. The minimum Gasteiger partial charge on any atom is -0.481 e. The number of carboxylic acid groups (broad SMARTS) is 1. The van der Waals surface area contributed by atoms with Gasteiger partial charge in [-0.3, -0.25) is 4.79 Å². The number of carboxylic acids is 1. The van der Waals surface area contributed by atoms with Gasteiger partial charge in [-0.05, 0) is 38.3 Å². The van der Waals surface area contributed by atoms with Crippen LogP contribution < -0.4 is 4.74 Å². The van der Waals surface area contributed by atoms with Crippen molar-refractivity contribution < 1.29 is 19.4 Å². The Kier molecular flexibility index (Phi) is 4.27. The molecule has 0 spiro atoms. The standard InChI is InChI=1S/C15H19NO4/c1-10-3-4-13(11(2)9-10)20-15(19)16-7-5-12(6-8-16)14(17)18/h3-4,9,12H,5-8H2,1-2H3,(H,17,18). The molecule has 0 saturated carbocycles. The quantitative estimate of drug-likeness (QED) is 0.902.